The molecule has 0 atom stereocenters. The Labute approximate surface area is 187 Å². The summed E-state index contributed by atoms with van der Waals surface area (Å²) < 4.78 is 0. The van der Waals surface area contributed by atoms with E-state index in [0.717, 1.165) is 31.0 Å². The number of hydrogen-bond donors (Lipinski definition) is 1. The number of benzene rings is 1. The highest BCUT2D eigenvalue weighted by Crippen LogP contribution is 2.36. The highest BCUT2D eigenvalue weighted by atomic mass is 16.2. The van der Waals surface area contributed by atoms with Gasteiger partial charge in [0.25, 0.3) is 0 Å². The molecule has 1 aromatic heterocycles. The van der Waals surface area contributed by atoms with Crippen LogP contribution in [0.3, 0.4) is 0 Å². The summed E-state index contributed by atoms with van der Waals surface area (Å²) in [6.45, 7) is 11.7. The van der Waals surface area contributed by atoms with E-state index in [1.807, 2.05) is 13.8 Å². The van der Waals surface area contributed by atoms with E-state index in [0.29, 0.717) is 12.5 Å². The minimum absolute atomic E-state index is 0.0276. The molecule has 0 bridgehead atoms. The number of nitrogens with one attached hydrogen (secondary N) is 1. The van der Waals surface area contributed by atoms with Gasteiger partial charge in [-0.15, -0.1) is 0 Å². The van der Waals surface area contributed by atoms with E-state index < -0.39 is 0 Å². The summed E-state index contributed by atoms with van der Waals surface area (Å²) in [6.07, 6.45) is 6.52. The highest BCUT2D eigenvalue weighted by molar-refractivity contribution is 5.78. The number of rotatable bonds is 5. The molecule has 2 aliphatic rings. The third-order valence-corrected chi connectivity index (χ3v) is 6.94. The summed E-state index contributed by atoms with van der Waals surface area (Å²) in [6, 6.07) is 11.1. The van der Waals surface area contributed by atoms with Crippen LogP contribution in [0, 0.1) is 19.8 Å². The quantitative estimate of drug-likeness (QED) is 0.728. The number of carbonyl (C=O) groups is 1. The van der Waals surface area contributed by atoms with E-state index in [-0.39, 0.29) is 11.3 Å². The Bertz CT molecular complexity index is 923. The number of amides is 1. The number of fused-ring (bicyclic) bond motifs is 1. The summed E-state index contributed by atoms with van der Waals surface area (Å²) in [7, 11) is 0. The molecule has 1 aliphatic carbocycles. The number of aryl methyl sites for hydroxylation is 2. The molecule has 31 heavy (non-hydrogen) atoms. The number of carbonyl (C=O) groups excluding carboxylic acids is 1. The first-order chi connectivity index (χ1) is 14.8. The second kappa shape index (κ2) is 9.12. The predicted molar refractivity (Wildman–Crippen MR) is 127 cm³/mol. The Kier molecular flexibility index (Phi) is 6.47. The lowest BCUT2D eigenvalue weighted by Crippen LogP contribution is -2.46. The van der Waals surface area contributed by atoms with Gasteiger partial charge in [-0.3, -0.25) is 14.7 Å². The monoisotopic (exact) mass is 419 g/mol. The van der Waals surface area contributed by atoms with Crippen LogP contribution in [0.1, 0.15) is 68.5 Å². The second-order valence-electron chi connectivity index (χ2n) is 10.3. The first-order valence-corrected chi connectivity index (χ1v) is 11.9. The minimum atomic E-state index is 0.0276. The van der Waals surface area contributed by atoms with Crippen LogP contribution in [-0.4, -0.2) is 35.4 Å². The molecule has 1 aromatic carbocycles. The summed E-state index contributed by atoms with van der Waals surface area (Å²) in [4.78, 5) is 19.5. The van der Waals surface area contributed by atoms with Gasteiger partial charge in [-0.1, -0.05) is 45.2 Å². The normalized spacial score (nSPS) is 19.1. The molecule has 2 aromatic rings. The Morgan fingerprint density at radius 3 is 2.48 bits per heavy atom. The average Bonchev–Trinajstić information content (AvgIpc) is 2.71. The molecule has 4 heteroatoms. The van der Waals surface area contributed by atoms with Crippen molar-refractivity contribution in [2.24, 2.45) is 5.92 Å². The van der Waals surface area contributed by atoms with E-state index in [9.17, 15) is 4.79 Å². The lowest BCUT2D eigenvalue weighted by atomic mass is 9.77. The summed E-state index contributed by atoms with van der Waals surface area (Å²) in [5.41, 5.74) is 7.30. The zero-order chi connectivity index (χ0) is 22.0. The van der Waals surface area contributed by atoms with E-state index in [1.165, 1.54) is 54.4 Å². The molecule has 2 heterocycles. The van der Waals surface area contributed by atoms with Crippen molar-refractivity contribution in [3.8, 4) is 11.1 Å². The Balaban J connectivity index is 1.46. The minimum Gasteiger partial charge on any atom is -0.355 e. The van der Waals surface area contributed by atoms with Gasteiger partial charge in [-0.25, -0.2) is 0 Å². The van der Waals surface area contributed by atoms with Crippen LogP contribution in [0.25, 0.3) is 11.1 Å². The van der Waals surface area contributed by atoms with Crippen LogP contribution in [0.2, 0.25) is 0 Å². The Morgan fingerprint density at radius 1 is 1.06 bits per heavy atom. The molecule has 1 amide bonds. The van der Waals surface area contributed by atoms with Gasteiger partial charge < -0.3 is 5.32 Å². The number of pyridine rings is 1. The number of hydrogen-bond acceptors (Lipinski definition) is 3. The van der Waals surface area contributed by atoms with Gasteiger partial charge in [-0.05, 0) is 73.1 Å². The van der Waals surface area contributed by atoms with Crippen LogP contribution >= 0.6 is 0 Å². The fourth-order valence-electron chi connectivity index (χ4n) is 5.53. The SMILES string of the molecule is Cc1cc(-c2ccc3c(c2)CN(CC(=O)NCC2CCCCC2)CC3(C)C)cc(C)n1. The molecular formula is C27H37N3O. The fraction of sp³-hybridized carbons (Fsp3) is 0.556. The molecule has 0 unspecified atom stereocenters. The van der Waals surface area contributed by atoms with E-state index in [2.05, 4.69) is 59.4 Å². The van der Waals surface area contributed by atoms with Gasteiger partial charge in [0.1, 0.15) is 0 Å². The maximum absolute atomic E-state index is 12.7. The van der Waals surface area contributed by atoms with Crippen LogP contribution in [0.15, 0.2) is 30.3 Å². The predicted octanol–water partition coefficient (Wildman–Crippen LogP) is 5.16. The van der Waals surface area contributed by atoms with Crippen molar-refractivity contribution in [3.05, 3.63) is 52.8 Å². The molecule has 166 valence electrons. The number of aromatic nitrogens is 1. The van der Waals surface area contributed by atoms with Gasteiger partial charge in [0.15, 0.2) is 0 Å². The first kappa shape index (κ1) is 22.0. The average molecular weight is 420 g/mol. The largest absolute Gasteiger partial charge is 0.355 e. The van der Waals surface area contributed by atoms with Crippen molar-refractivity contribution in [3.63, 3.8) is 0 Å². The fourth-order valence-corrected chi connectivity index (χ4v) is 5.53. The van der Waals surface area contributed by atoms with Gasteiger partial charge >= 0.3 is 0 Å². The molecule has 1 N–H and O–H groups in total. The number of nitrogens with zero attached hydrogens (tertiary/aromatic N) is 2. The van der Waals surface area contributed by atoms with Crippen LogP contribution in [0.4, 0.5) is 0 Å². The van der Waals surface area contributed by atoms with E-state index in [4.69, 9.17) is 0 Å². The van der Waals surface area contributed by atoms with E-state index >= 15 is 0 Å². The molecule has 0 radical (unpaired) electrons. The van der Waals surface area contributed by atoms with Gasteiger partial charge in [0.2, 0.25) is 5.91 Å². The standard InChI is InChI=1S/C27H37N3O/c1-19-12-23(13-20(2)29-19)22-10-11-25-24(14-22)16-30(18-27(25,3)4)17-26(31)28-15-21-8-6-5-7-9-21/h10-14,21H,5-9,15-18H2,1-4H3,(H,28,31). The van der Waals surface area contributed by atoms with Crippen LogP contribution in [-0.2, 0) is 16.8 Å². The maximum Gasteiger partial charge on any atom is 0.234 e. The molecule has 1 aliphatic heterocycles. The third kappa shape index (κ3) is 5.35. The van der Waals surface area contributed by atoms with Crippen molar-refractivity contribution >= 4 is 5.91 Å². The Hall–Kier alpha value is -2.20. The van der Waals surface area contributed by atoms with Crippen molar-refractivity contribution in [2.75, 3.05) is 19.6 Å². The van der Waals surface area contributed by atoms with Crippen molar-refractivity contribution in [2.45, 2.75) is 71.8 Å². The lowest BCUT2D eigenvalue weighted by molar-refractivity contribution is -0.122. The van der Waals surface area contributed by atoms with Crippen molar-refractivity contribution < 1.29 is 4.79 Å². The van der Waals surface area contributed by atoms with Crippen LogP contribution < -0.4 is 5.32 Å². The maximum atomic E-state index is 12.7. The zero-order valence-electron chi connectivity index (χ0n) is 19.6. The topological polar surface area (TPSA) is 45.2 Å². The van der Waals surface area contributed by atoms with Crippen molar-refractivity contribution in [1.29, 1.82) is 0 Å². The molecule has 4 rings (SSSR count). The summed E-state index contributed by atoms with van der Waals surface area (Å²) in [5.74, 6) is 0.840. The smallest absolute Gasteiger partial charge is 0.234 e. The van der Waals surface area contributed by atoms with Gasteiger partial charge in [0.05, 0.1) is 6.54 Å². The third-order valence-electron chi connectivity index (χ3n) is 6.94. The molecular weight excluding hydrogens is 382 g/mol. The summed E-state index contributed by atoms with van der Waals surface area (Å²) >= 11 is 0. The second-order valence-corrected chi connectivity index (χ2v) is 10.3. The summed E-state index contributed by atoms with van der Waals surface area (Å²) in [5, 5.41) is 3.21. The van der Waals surface area contributed by atoms with Crippen molar-refractivity contribution in [1.82, 2.24) is 15.2 Å². The molecule has 0 spiro atoms. The van der Waals surface area contributed by atoms with Gasteiger partial charge in [0, 0.05) is 36.4 Å². The molecule has 4 nitrogen and oxygen atoms in total. The lowest BCUT2D eigenvalue weighted by Gasteiger charge is -2.40. The highest BCUT2D eigenvalue weighted by Gasteiger charge is 2.32. The molecule has 1 fully saturated rings. The first-order valence-electron chi connectivity index (χ1n) is 11.9. The zero-order valence-corrected chi connectivity index (χ0v) is 19.6. The molecule has 1 saturated carbocycles. The van der Waals surface area contributed by atoms with E-state index in [1.54, 1.807) is 0 Å². The Morgan fingerprint density at radius 2 is 1.77 bits per heavy atom. The van der Waals surface area contributed by atoms with Crippen LogP contribution in [0.5, 0.6) is 0 Å². The molecule has 0 saturated heterocycles. The van der Waals surface area contributed by atoms with Gasteiger partial charge in [-0.2, -0.15) is 0 Å².